The first-order valence-corrected chi connectivity index (χ1v) is 11.5. The fourth-order valence-electron chi connectivity index (χ4n) is 4.67. The zero-order valence-electron chi connectivity index (χ0n) is 20.1. The number of ether oxygens (including phenoxy) is 2. The van der Waals surface area contributed by atoms with Crippen molar-refractivity contribution >= 4 is 10.8 Å². The molecule has 0 radical (unpaired) electrons. The molecular weight excluding hydrogens is 398 g/mol. The van der Waals surface area contributed by atoms with Crippen LogP contribution in [0.1, 0.15) is 34.2 Å². The third kappa shape index (κ3) is 4.89. The maximum absolute atomic E-state index is 5.50. The summed E-state index contributed by atoms with van der Waals surface area (Å²) in [5.74, 6) is 1.50. The lowest BCUT2D eigenvalue weighted by Gasteiger charge is -2.20. The summed E-state index contributed by atoms with van der Waals surface area (Å²) in [7, 11) is 5.56. The SMILES string of the molecule is COc1cc2cncc(CCN(C)CCCN3Cc4cc(C)c(C)cc4C3)c2cc1OC. The van der Waals surface area contributed by atoms with Gasteiger partial charge in [-0.2, -0.15) is 0 Å². The van der Waals surface area contributed by atoms with Crippen molar-refractivity contribution in [3.63, 3.8) is 0 Å². The number of hydrogen-bond acceptors (Lipinski definition) is 5. The van der Waals surface area contributed by atoms with E-state index in [1.54, 1.807) is 14.2 Å². The lowest BCUT2D eigenvalue weighted by molar-refractivity contribution is 0.251. The number of pyridine rings is 1. The topological polar surface area (TPSA) is 37.8 Å². The average Bonchev–Trinajstić information content (AvgIpc) is 3.18. The molecular formula is C27H35N3O2. The number of benzene rings is 2. The van der Waals surface area contributed by atoms with E-state index in [4.69, 9.17) is 9.47 Å². The molecule has 5 heteroatoms. The molecule has 5 nitrogen and oxygen atoms in total. The molecule has 0 aliphatic carbocycles. The van der Waals surface area contributed by atoms with Gasteiger partial charge < -0.3 is 14.4 Å². The number of aromatic nitrogens is 1. The van der Waals surface area contributed by atoms with Gasteiger partial charge in [0.15, 0.2) is 11.5 Å². The molecule has 170 valence electrons. The Morgan fingerprint density at radius 3 is 2.22 bits per heavy atom. The number of likely N-dealkylation sites (N-methyl/N-ethyl adjacent to an activating group) is 1. The first-order valence-electron chi connectivity index (χ1n) is 11.5. The van der Waals surface area contributed by atoms with Gasteiger partial charge in [-0.3, -0.25) is 9.88 Å². The van der Waals surface area contributed by atoms with Crippen molar-refractivity contribution in [1.82, 2.24) is 14.8 Å². The first-order chi connectivity index (χ1) is 15.5. The normalized spacial score (nSPS) is 13.7. The summed E-state index contributed by atoms with van der Waals surface area (Å²) in [6.45, 7) is 9.86. The molecule has 0 atom stereocenters. The van der Waals surface area contributed by atoms with Crippen LogP contribution in [-0.4, -0.2) is 55.7 Å². The number of methoxy groups -OCH3 is 2. The zero-order chi connectivity index (χ0) is 22.7. The number of fused-ring (bicyclic) bond motifs is 2. The Hall–Kier alpha value is -2.63. The van der Waals surface area contributed by atoms with Gasteiger partial charge in [0.1, 0.15) is 0 Å². The quantitative estimate of drug-likeness (QED) is 0.487. The summed E-state index contributed by atoms with van der Waals surface area (Å²) in [4.78, 5) is 9.45. The monoisotopic (exact) mass is 433 g/mol. The maximum Gasteiger partial charge on any atom is 0.161 e. The first kappa shape index (κ1) is 22.6. The van der Waals surface area contributed by atoms with Crippen molar-refractivity contribution in [2.45, 2.75) is 39.8 Å². The summed E-state index contributed by atoms with van der Waals surface area (Å²) >= 11 is 0. The van der Waals surface area contributed by atoms with Crippen molar-refractivity contribution < 1.29 is 9.47 Å². The van der Waals surface area contributed by atoms with E-state index >= 15 is 0 Å². The standard InChI is InChI=1S/C27H35N3O2/c1-19-11-23-17-30(18-24(23)12-20(19)2)9-6-8-29(3)10-7-21-15-28-16-22-13-26(31-4)27(32-5)14-25(21)22/h11-16H,6-10,17-18H2,1-5H3. The van der Waals surface area contributed by atoms with Crippen LogP contribution in [0, 0.1) is 13.8 Å². The molecule has 2 heterocycles. The highest BCUT2D eigenvalue weighted by atomic mass is 16.5. The van der Waals surface area contributed by atoms with E-state index in [-0.39, 0.29) is 0 Å². The number of rotatable bonds is 9. The Balaban J connectivity index is 1.29. The number of nitrogens with zero attached hydrogens (tertiary/aromatic N) is 3. The Kier molecular flexibility index (Phi) is 6.97. The van der Waals surface area contributed by atoms with E-state index in [0.29, 0.717) is 0 Å². The Bertz CT molecular complexity index is 1060. The van der Waals surface area contributed by atoms with Crippen LogP contribution in [0.3, 0.4) is 0 Å². The van der Waals surface area contributed by atoms with Crippen molar-refractivity contribution in [3.8, 4) is 11.5 Å². The van der Waals surface area contributed by atoms with Crippen molar-refractivity contribution in [3.05, 3.63) is 64.5 Å². The highest BCUT2D eigenvalue weighted by Crippen LogP contribution is 2.33. The molecule has 32 heavy (non-hydrogen) atoms. The second-order valence-electron chi connectivity index (χ2n) is 9.05. The van der Waals surface area contributed by atoms with E-state index in [1.807, 2.05) is 18.5 Å². The van der Waals surface area contributed by atoms with Gasteiger partial charge in [-0.05, 0) is 85.6 Å². The Morgan fingerprint density at radius 2 is 1.56 bits per heavy atom. The molecule has 0 unspecified atom stereocenters. The molecule has 0 N–H and O–H groups in total. The summed E-state index contributed by atoms with van der Waals surface area (Å²) in [5.41, 5.74) is 7.08. The highest BCUT2D eigenvalue weighted by molar-refractivity contribution is 5.88. The van der Waals surface area contributed by atoms with Crippen LogP contribution in [0.25, 0.3) is 10.8 Å². The van der Waals surface area contributed by atoms with Crippen molar-refractivity contribution in [2.24, 2.45) is 0 Å². The molecule has 0 saturated carbocycles. The van der Waals surface area contributed by atoms with E-state index in [2.05, 4.69) is 53.9 Å². The summed E-state index contributed by atoms with van der Waals surface area (Å²) in [6, 6.07) is 8.82. The average molecular weight is 434 g/mol. The lowest BCUT2D eigenvalue weighted by atomic mass is 10.0. The van der Waals surface area contributed by atoms with Crippen LogP contribution >= 0.6 is 0 Å². The lowest BCUT2D eigenvalue weighted by Crippen LogP contribution is -2.26. The minimum absolute atomic E-state index is 0.741. The maximum atomic E-state index is 5.50. The van der Waals surface area contributed by atoms with Gasteiger partial charge in [-0.1, -0.05) is 12.1 Å². The molecule has 1 aromatic heterocycles. The Labute approximate surface area is 192 Å². The highest BCUT2D eigenvalue weighted by Gasteiger charge is 2.19. The number of hydrogen-bond donors (Lipinski definition) is 0. The third-order valence-electron chi connectivity index (χ3n) is 6.73. The minimum atomic E-state index is 0.741. The molecule has 0 amide bonds. The fraction of sp³-hybridized carbons (Fsp3) is 0.444. The van der Waals surface area contributed by atoms with E-state index in [9.17, 15) is 0 Å². The van der Waals surface area contributed by atoms with Gasteiger partial charge in [-0.15, -0.1) is 0 Å². The molecule has 0 spiro atoms. The van der Waals surface area contributed by atoms with Crippen molar-refractivity contribution in [1.29, 1.82) is 0 Å². The molecule has 3 aromatic rings. The molecule has 0 saturated heterocycles. The molecule has 2 aromatic carbocycles. The molecule has 1 aliphatic heterocycles. The van der Waals surface area contributed by atoms with Gasteiger partial charge in [0.2, 0.25) is 0 Å². The largest absolute Gasteiger partial charge is 0.493 e. The molecule has 0 bridgehead atoms. The van der Waals surface area contributed by atoms with Crippen LogP contribution in [0.5, 0.6) is 11.5 Å². The van der Waals surface area contributed by atoms with Gasteiger partial charge in [0.05, 0.1) is 14.2 Å². The van der Waals surface area contributed by atoms with Gasteiger partial charge >= 0.3 is 0 Å². The van der Waals surface area contributed by atoms with Crippen LogP contribution in [0.4, 0.5) is 0 Å². The second kappa shape index (κ2) is 9.88. The second-order valence-corrected chi connectivity index (χ2v) is 9.05. The third-order valence-corrected chi connectivity index (χ3v) is 6.73. The van der Waals surface area contributed by atoms with Gasteiger partial charge in [0, 0.05) is 44.0 Å². The summed E-state index contributed by atoms with van der Waals surface area (Å²) in [5, 5.41) is 2.27. The Morgan fingerprint density at radius 1 is 0.906 bits per heavy atom. The molecule has 4 rings (SSSR count). The van der Waals surface area contributed by atoms with E-state index in [0.717, 1.165) is 56.0 Å². The zero-order valence-corrected chi connectivity index (χ0v) is 20.1. The van der Waals surface area contributed by atoms with Gasteiger partial charge in [-0.25, -0.2) is 0 Å². The van der Waals surface area contributed by atoms with Crippen molar-refractivity contribution in [2.75, 3.05) is 40.9 Å². The fourth-order valence-corrected chi connectivity index (χ4v) is 4.67. The van der Waals surface area contributed by atoms with E-state index < -0.39 is 0 Å². The number of aryl methyl sites for hydroxylation is 2. The smallest absolute Gasteiger partial charge is 0.161 e. The van der Waals surface area contributed by atoms with E-state index in [1.165, 1.54) is 39.6 Å². The summed E-state index contributed by atoms with van der Waals surface area (Å²) in [6.07, 6.45) is 6.01. The minimum Gasteiger partial charge on any atom is -0.493 e. The molecule has 0 fully saturated rings. The predicted octanol–water partition coefficient (Wildman–Crippen LogP) is 4.75. The summed E-state index contributed by atoms with van der Waals surface area (Å²) < 4.78 is 10.9. The van der Waals surface area contributed by atoms with Crippen LogP contribution in [0.2, 0.25) is 0 Å². The van der Waals surface area contributed by atoms with Crippen LogP contribution in [0.15, 0.2) is 36.7 Å². The van der Waals surface area contributed by atoms with Gasteiger partial charge in [0.25, 0.3) is 0 Å². The van der Waals surface area contributed by atoms with Crippen LogP contribution < -0.4 is 9.47 Å². The predicted molar refractivity (Wildman–Crippen MR) is 131 cm³/mol. The van der Waals surface area contributed by atoms with Crippen LogP contribution in [-0.2, 0) is 19.5 Å². The molecule has 1 aliphatic rings.